The number of piperidine rings is 1. The van der Waals surface area contributed by atoms with Gasteiger partial charge < -0.3 is 24.2 Å². The van der Waals surface area contributed by atoms with Crippen molar-refractivity contribution < 1.29 is 24.1 Å². The van der Waals surface area contributed by atoms with Crippen molar-refractivity contribution in [1.29, 1.82) is 0 Å². The Morgan fingerprint density at radius 3 is 2.79 bits per heavy atom. The van der Waals surface area contributed by atoms with Crippen LogP contribution in [0.15, 0.2) is 65.7 Å². The maximum absolute atomic E-state index is 11.8. The quantitative estimate of drug-likeness (QED) is 0.463. The van der Waals surface area contributed by atoms with Crippen LogP contribution in [0.2, 0.25) is 5.02 Å². The Hall–Kier alpha value is -3.13. The number of benzene rings is 2. The lowest BCUT2D eigenvalue weighted by Crippen LogP contribution is -2.42. The second kappa shape index (κ2) is 12.4. The maximum atomic E-state index is 11.8. The van der Waals surface area contributed by atoms with Crippen LogP contribution in [0.25, 0.3) is 5.57 Å². The molecular formula is C31H35ClN2O5. The van der Waals surface area contributed by atoms with E-state index in [4.69, 9.17) is 25.8 Å². The molecule has 0 amide bonds. The van der Waals surface area contributed by atoms with Crippen LogP contribution in [-0.4, -0.2) is 67.7 Å². The minimum absolute atomic E-state index is 0.00178. The summed E-state index contributed by atoms with van der Waals surface area (Å²) >= 11 is 6.03. The Bertz CT molecular complexity index is 1250. The van der Waals surface area contributed by atoms with Crippen LogP contribution in [-0.2, 0) is 15.1 Å². The van der Waals surface area contributed by atoms with E-state index in [-0.39, 0.29) is 18.6 Å². The number of hydrogen-bond acceptors (Lipinski definition) is 7. The molecule has 0 aliphatic carbocycles. The number of ether oxygens (including phenoxy) is 3. The van der Waals surface area contributed by atoms with E-state index in [1.54, 1.807) is 6.92 Å². The fourth-order valence-corrected chi connectivity index (χ4v) is 5.63. The molecule has 1 fully saturated rings. The largest absolute Gasteiger partial charge is 0.491 e. The molecule has 3 heterocycles. The van der Waals surface area contributed by atoms with Gasteiger partial charge in [0, 0.05) is 42.4 Å². The summed E-state index contributed by atoms with van der Waals surface area (Å²) in [4.78, 5) is 18.9. The van der Waals surface area contributed by atoms with Gasteiger partial charge in [-0.1, -0.05) is 35.9 Å². The number of esters is 1. The minimum atomic E-state index is -0.810. The zero-order valence-corrected chi connectivity index (χ0v) is 23.0. The number of aliphatic hydroxyl groups is 1. The molecule has 0 spiro atoms. The van der Waals surface area contributed by atoms with Gasteiger partial charge in [0.1, 0.15) is 18.1 Å². The van der Waals surface area contributed by atoms with Gasteiger partial charge in [0.05, 0.1) is 18.2 Å². The molecular weight excluding hydrogens is 516 g/mol. The summed E-state index contributed by atoms with van der Waals surface area (Å²) < 4.78 is 16.9. The van der Waals surface area contributed by atoms with E-state index in [1.807, 2.05) is 54.8 Å². The summed E-state index contributed by atoms with van der Waals surface area (Å²) in [5.74, 6) is 1.07. The van der Waals surface area contributed by atoms with Crippen LogP contribution in [0, 0.1) is 5.92 Å². The van der Waals surface area contributed by atoms with E-state index in [0.717, 1.165) is 48.5 Å². The first-order chi connectivity index (χ1) is 18.9. The van der Waals surface area contributed by atoms with Gasteiger partial charge in [-0.05, 0) is 73.7 Å². The molecule has 1 N–H and O–H groups in total. The van der Waals surface area contributed by atoms with Crippen LogP contribution >= 0.6 is 11.6 Å². The number of likely N-dealkylation sites (tertiary alicyclic amines) is 1. The van der Waals surface area contributed by atoms with Gasteiger partial charge in [-0.2, -0.15) is 0 Å². The number of allylic oxidation sites excluding steroid dienone is 1. The zero-order chi connectivity index (χ0) is 27.2. The molecule has 3 aliphatic heterocycles. The molecule has 0 bridgehead atoms. The molecule has 0 saturated carbocycles. The van der Waals surface area contributed by atoms with Crippen molar-refractivity contribution in [3.05, 3.63) is 76.8 Å². The van der Waals surface area contributed by atoms with Crippen molar-refractivity contribution in [1.82, 2.24) is 4.90 Å². The summed E-state index contributed by atoms with van der Waals surface area (Å²) in [7, 11) is 0. The Morgan fingerprint density at radius 1 is 1.23 bits per heavy atom. The highest BCUT2D eigenvalue weighted by Gasteiger charge is 2.34. The van der Waals surface area contributed by atoms with Crippen molar-refractivity contribution in [3.63, 3.8) is 0 Å². The van der Waals surface area contributed by atoms with Crippen LogP contribution in [0.4, 0.5) is 0 Å². The fraction of sp³-hybridized carbons (Fsp3) is 0.419. The van der Waals surface area contributed by atoms with E-state index < -0.39 is 11.6 Å². The van der Waals surface area contributed by atoms with Gasteiger partial charge in [0.2, 0.25) is 0 Å². The molecule has 39 heavy (non-hydrogen) atoms. The van der Waals surface area contributed by atoms with Crippen LogP contribution in [0.1, 0.15) is 37.3 Å². The first-order valence-electron chi connectivity index (χ1n) is 13.6. The average molecular weight is 551 g/mol. The predicted octanol–water partition coefficient (Wildman–Crippen LogP) is 5.06. The van der Waals surface area contributed by atoms with E-state index >= 15 is 0 Å². The molecule has 7 nitrogen and oxygen atoms in total. The molecule has 0 radical (unpaired) electrons. The monoisotopic (exact) mass is 550 g/mol. The Balaban J connectivity index is 1.29. The second-order valence-corrected chi connectivity index (χ2v) is 10.6. The summed E-state index contributed by atoms with van der Waals surface area (Å²) in [6.07, 6.45) is 10.5. The number of dihydropyridines is 1. The van der Waals surface area contributed by atoms with Crippen molar-refractivity contribution in [2.45, 2.75) is 37.8 Å². The van der Waals surface area contributed by atoms with Gasteiger partial charge >= 0.3 is 5.97 Å². The smallest absolute Gasteiger partial charge is 0.344 e. The standard InChI is InChI=1S/C31H35ClN2O5/c1-2-37-30(35)21-38-24-11-12-29-27(19-24)25(26-5-3-15-33-28(26)20-39-29)6-4-16-34-17-13-31(36,14-18-34)22-7-9-23(32)10-8-22/h3,5-12,15,19,26,28,36H,2,4,13-14,16-18,20-21H2,1H3. The number of carbonyl (C=O) groups excluding carboxylic acids is 1. The Morgan fingerprint density at radius 2 is 2.03 bits per heavy atom. The molecule has 206 valence electrons. The van der Waals surface area contributed by atoms with Gasteiger partial charge in [-0.25, -0.2) is 4.79 Å². The number of fused-ring (bicyclic) bond motifs is 2. The molecule has 2 unspecified atom stereocenters. The molecule has 2 aromatic rings. The number of halogens is 1. The summed E-state index contributed by atoms with van der Waals surface area (Å²) in [5.41, 5.74) is 2.23. The molecule has 2 aromatic carbocycles. The van der Waals surface area contributed by atoms with Crippen LogP contribution < -0.4 is 9.47 Å². The van der Waals surface area contributed by atoms with E-state index in [2.05, 4.69) is 22.0 Å². The lowest BCUT2D eigenvalue weighted by atomic mass is 9.84. The Kier molecular flexibility index (Phi) is 8.70. The summed E-state index contributed by atoms with van der Waals surface area (Å²) in [5, 5.41) is 11.9. The summed E-state index contributed by atoms with van der Waals surface area (Å²) in [6, 6.07) is 13.2. The normalized spacial score (nSPS) is 22.9. The molecule has 1 saturated heterocycles. The highest BCUT2D eigenvalue weighted by Crippen LogP contribution is 2.41. The van der Waals surface area contributed by atoms with Crippen LogP contribution in [0.5, 0.6) is 11.5 Å². The number of rotatable bonds is 8. The molecule has 5 rings (SSSR count). The average Bonchev–Trinajstić information content (AvgIpc) is 3.10. The minimum Gasteiger partial charge on any atom is -0.491 e. The van der Waals surface area contributed by atoms with Crippen molar-refractivity contribution in [2.24, 2.45) is 10.9 Å². The third-order valence-electron chi connectivity index (χ3n) is 7.66. The molecule has 8 heteroatoms. The van der Waals surface area contributed by atoms with Crippen molar-refractivity contribution in [2.75, 3.05) is 39.5 Å². The predicted molar refractivity (Wildman–Crippen MR) is 153 cm³/mol. The number of carbonyl (C=O) groups is 1. The fourth-order valence-electron chi connectivity index (χ4n) is 5.50. The number of aliphatic imine (C=N–C) groups is 1. The number of hydrogen-bond donors (Lipinski definition) is 1. The van der Waals surface area contributed by atoms with Crippen LogP contribution in [0.3, 0.4) is 0 Å². The topological polar surface area (TPSA) is 80.6 Å². The van der Waals surface area contributed by atoms with Gasteiger partial charge in [0.25, 0.3) is 0 Å². The maximum Gasteiger partial charge on any atom is 0.344 e. The molecule has 2 atom stereocenters. The summed E-state index contributed by atoms with van der Waals surface area (Å²) in [6.45, 7) is 4.98. The van der Waals surface area contributed by atoms with Crippen molar-refractivity contribution >= 4 is 29.4 Å². The second-order valence-electron chi connectivity index (χ2n) is 10.2. The lowest BCUT2D eigenvalue weighted by molar-refractivity contribution is -0.145. The third-order valence-corrected chi connectivity index (χ3v) is 7.92. The Labute approximate surface area is 234 Å². The molecule has 0 aromatic heterocycles. The first kappa shape index (κ1) is 27.4. The zero-order valence-electron chi connectivity index (χ0n) is 22.2. The lowest BCUT2D eigenvalue weighted by Gasteiger charge is -2.38. The molecule has 3 aliphatic rings. The number of nitrogens with zero attached hydrogens (tertiary/aromatic N) is 2. The van der Waals surface area contributed by atoms with Gasteiger partial charge in [-0.15, -0.1) is 0 Å². The highest BCUT2D eigenvalue weighted by molar-refractivity contribution is 6.30. The van der Waals surface area contributed by atoms with Gasteiger partial charge in [-0.3, -0.25) is 4.99 Å². The SMILES string of the molecule is CCOC(=O)COc1ccc2c(c1)C(=CCCN1CCC(O)(c3ccc(Cl)cc3)CC1)C1C=CC=NC1CO2. The van der Waals surface area contributed by atoms with E-state index in [1.165, 1.54) is 0 Å². The highest BCUT2D eigenvalue weighted by atomic mass is 35.5. The van der Waals surface area contributed by atoms with Gasteiger partial charge in [0.15, 0.2) is 6.61 Å². The van der Waals surface area contributed by atoms with E-state index in [0.29, 0.717) is 36.8 Å². The van der Waals surface area contributed by atoms with Crippen molar-refractivity contribution in [3.8, 4) is 11.5 Å². The first-order valence-corrected chi connectivity index (χ1v) is 14.0. The third kappa shape index (κ3) is 6.55. The van der Waals surface area contributed by atoms with E-state index in [9.17, 15) is 9.90 Å².